The molecule has 2 aliphatic carbocycles. The van der Waals surface area contributed by atoms with E-state index in [2.05, 4.69) is 22.0 Å². The monoisotopic (exact) mass is 294 g/mol. The third-order valence-corrected chi connectivity index (χ3v) is 5.95. The minimum Gasteiger partial charge on any atom is -0.508 e. The zero-order valence-electron chi connectivity index (χ0n) is 10.0. The Morgan fingerprint density at radius 1 is 1.35 bits per heavy atom. The van der Waals surface area contributed by atoms with Crippen molar-refractivity contribution in [3.63, 3.8) is 0 Å². The summed E-state index contributed by atoms with van der Waals surface area (Å²) in [7, 11) is 0. The topological polar surface area (TPSA) is 20.2 Å². The summed E-state index contributed by atoms with van der Waals surface area (Å²) in [5.41, 5.74) is 1.74. The normalized spacial score (nSPS) is 35.4. The van der Waals surface area contributed by atoms with Crippen LogP contribution < -0.4 is 0 Å². The lowest BCUT2D eigenvalue weighted by Crippen LogP contribution is -2.32. The largest absolute Gasteiger partial charge is 0.508 e. The first-order chi connectivity index (χ1) is 8.22. The molecule has 3 unspecified atom stereocenters. The smallest absolute Gasteiger partial charge is 0.115 e. The van der Waals surface area contributed by atoms with Crippen molar-refractivity contribution in [3.05, 3.63) is 29.8 Å². The Hall–Kier alpha value is -0.500. The van der Waals surface area contributed by atoms with Crippen LogP contribution in [-0.4, -0.2) is 10.4 Å². The summed E-state index contributed by atoms with van der Waals surface area (Å²) in [5, 5.41) is 10.7. The van der Waals surface area contributed by atoms with Crippen molar-refractivity contribution in [2.75, 3.05) is 5.33 Å². The Labute approximate surface area is 111 Å². The molecular formula is C15H19BrO. The average Bonchev–Trinajstić information content (AvgIpc) is 2.89. The van der Waals surface area contributed by atoms with Gasteiger partial charge in [0.25, 0.3) is 0 Å². The number of fused-ring (bicyclic) bond motifs is 2. The molecule has 92 valence electrons. The van der Waals surface area contributed by atoms with E-state index >= 15 is 0 Å². The number of phenols is 1. The molecule has 3 rings (SSSR count). The van der Waals surface area contributed by atoms with Crippen LogP contribution in [0.5, 0.6) is 5.75 Å². The maximum atomic E-state index is 9.56. The van der Waals surface area contributed by atoms with Crippen LogP contribution in [0.2, 0.25) is 0 Å². The SMILES string of the molecule is Oc1cccc(CC2(CBr)CC3CCC2C3)c1. The number of hydrogen-bond acceptors (Lipinski definition) is 1. The number of alkyl halides is 1. The Kier molecular flexibility index (Phi) is 2.94. The summed E-state index contributed by atoms with van der Waals surface area (Å²) < 4.78 is 0. The van der Waals surface area contributed by atoms with E-state index < -0.39 is 0 Å². The van der Waals surface area contributed by atoms with Crippen LogP contribution in [0.15, 0.2) is 24.3 Å². The molecule has 2 saturated carbocycles. The molecule has 0 spiro atoms. The molecule has 2 fully saturated rings. The van der Waals surface area contributed by atoms with E-state index in [1.165, 1.54) is 31.2 Å². The summed E-state index contributed by atoms with van der Waals surface area (Å²) >= 11 is 3.75. The van der Waals surface area contributed by atoms with Crippen molar-refractivity contribution in [2.24, 2.45) is 17.3 Å². The molecule has 3 atom stereocenters. The minimum absolute atomic E-state index is 0.398. The van der Waals surface area contributed by atoms with Crippen LogP contribution in [-0.2, 0) is 6.42 Å². The maximum absolute atomic E-state index is 9.56. The molecule has 0 aliphatic heterocycles. The fourth-order valence-electron chi connectivity index (χ4n) is 4.06. The van der Waals surface area contributed by atoms with Crippen molar-refractivity contribution in [2.45, 2.75) is 32.1 Å². The molecule has 0 saturated heterocycles. The lowest BCUT2D eigenvalue weighted by Gasteiger charge is -2.36. The van der Waals surface area contributed by atoms with E-state index in [-0.39, 0.29) is 0 Å². The van der Waals surface area contributed by atoms with Gasteiger partial charge in [0.05, 0.1) is 0 Å². The average molecular weight is 295 g/mol. The van der Waals surface area contributed by atoms with Gasteiger partial charge in [-0.05, 0) is 60.6 Å². The lowest BCUT2D eigenvalue weighted by molar-refractivity contribution is 0.197. The highest BCUT2D eigenvalue weighted by Crippen LogP contribution is 2.58. The highest BCUT2D eigenvalue weighted by Gasteiger charge is 2.49. The number of benzene rings is 1. The molecule has 1 aromatic rings. The van der Waals surface area contributed by atoms with Gasteiger partial charge in [-0.2, -0.15) is 0 Å². The van der Waals surface area contributed by atoms with Gasteiger partial charge < -0.3 is 5.11 Å². The highest BCUT2D eigenvalue weighted by atomic mass is 79.9. The molecule has 17 heavy (non-hydrogen) atoms. The zero-order valence-corrected chi connectivity index (χ0v) is 11.6. The molecular weight excluding hydrogens is 276 g/mol. The molecule has 1 nitrogen and oxygen atoms in total. The van der Waals surface area contributed by atoms with Gasteiger partial charge in [0, 0.05) is 5.33 Å². The van der Waals surface area contributed by atoms with Crippen LogP contribution in [0.3, 0.4) is 0 Å². The van der Waals surface area contributed by atoms with Crippen LogP contribution >= 0.6 is 15.9 Å². The first-order valence-electron chi connectivity index (χ1n) is 6.56. The second kappa shape index (κ2) is 4.31. The van der Waals surface area contributed by atoms with Gasteiger partial charge >= 0.3 is 0 Å². The van der Waals surface area contributed by atoms with Crippen LogP contribution in [0.4, 0.5) is 0 Å². The predicted octanol–water partition coefficient (Wildman–Crippen LogP) is 4.14. The van der Waals surface area contributed by atoms with Gasteiger partial charge in [-0.15, -0.1) is 0 Å². The Morgan fingerprint density at radius 2 is 2.24 bits per heavy atom. The van der Waals surface area contributed by atoms with E-state index in [0.29, 0.717) is 11.2 Å². The first-order valence-corrected chi connectivity index (χ1v) is 7.68. The Morgan fingerprint density at radius 3 is 2.82 bits per heavy atom. The summed E-state index contributed by atoms with van der Waals surface area (Å²) in [6.45, 7) is 0. The fourth-order valence-corrected chi connectivity index (χ4v) is 4.94. The van der Waals surface area contributed by atoms with Crippen molar-refractivity contribution < 1.29 is 5.11 Å². The summed E-state index contributed by atoms with van der Waals surface area (Å²) in [6, 6.07) is 7.79. The number of aromatic hydroxyl groups is 1. The predicted molar refractivity (Wildman–Crippen MR) is 73.5 cm³/mol. The van der Waals surface area contributed by atoms with Gasteiger partial charge in [0.15, 0.2) is 0 Å². The van der Waals surface area contributed by atoms with E-state index in [9.17, 15) is 5.11 Å². The van der Waals surface area contributed by atoms with Gasteiger partial charge in [0.2, 0.25) is 0 Å². The molecule has 1 aromatic carbocycles. The lowest BCUT2D eigenvalue weighted by atomic mass is 9.71. The van der Waals surface area contributed by atoms with E-state index in [1.54, 1.807) is 6.07 Å². The zero-order chi connectivity index (χ0) is 11.9. The van der Waals surface area contributed by atoms with Crippen LogP contribution in [0, 0.1) is 17.3 Å². The number of phenolic OH excluding ortho intramolecular Hbond substituents is 1. The third-order valence-electron chi connectivity index (χ3n) is 4.84. The molecule has 0 aromatic heterocycles. The molecule has 2 heteroatoms. The van der Waals surface area contributed by atoms with Gasteiger partial charge in [-0.1, -0.05) is 34.5 Å². The van der Waals surface area contributed by atoms with Gasteiger partial charge in [0.1, 0.15) is 5.75 Å². The third kappa shape index (κ3) is 2.01. The summed E-state index contributed by atoms with van der Waals surface area (Å²) in [4.78, 5) is 0. The van der Waals surface area contributed by atoms with Crippen molar-refractivity contribution in [1.29, 1.82) is 0 Å². The summed E-state index contributed by atoms with van der Waals surface area (Å²) in [5.74, 6) is 2.26. The number of hydrogen-bond donors (Lipinski definition) is 1. The van der Waals surface area contributed by atoms with E-state index in [0.717, 1.165) is 23.6 Å². The molecule has 2 bridgehead atoms. The molecule has 0 amide bonds. The van der Waals surface area contributed by atoms with E-state index in [1.807, 2.05) is 12.1 Å². The quantitative estimate of drug-likeness (QED) is 0.831. The second-order valence-corrected chi connectivity index (χ2v) is 6.48. The Balaban J connectivity index is 1.83. The number of rotatable bonds is 3. The van der Waals surface area contributed by atoms with Crippen LogP contribution in [0.1, 0.15) is 31.2 Å². The van der Waals surface area contributed by atoms with Crippen LogP contribution in [0.25, 0.3) is 0 Å². The van der Waals surface area contributed by atoms with Gasteiger partial charge in [-0.3, -0.25) is 0 Å². The van der Waals surface area contributed by atoms with Gasteiger partial charge in [-0.25, -0.2) is 0 Å². The Bertz CT molecular complexity index is 417. The fraction of sp³-hybridized carbons (Fsp3) is 0.600. The van der Waals surface area contributed by atoms with Crippen molar-refractivity contribution in [1.82, 2.24) is 0 Å². The maximum Gasteiger partial charge on any atom is 0.115 e. The standard InChI is InChI=1S/C15H19BrO/c16-10-15(9-12-4-5-13(15)6-12)8-11-2-1-3-14(17)7-11/h1-3,7,12-13,17H,4-6,8-10H2. The second-order valence-electron chi connectivity index (χ2n) is 5.92. The molecule has 0 radical (unpaired) electrons. The molecule has 2 aliphatic rings. The molecule has 1 N–H and O–H groups in total. The van der Waals surface area contributed by atoms with Crippen molar-refractivity contribution in [3.8, 4) is 5.75 Å². The highest BCUT2D eigenvalue weighted by molar-refractivity contribution is 9.09. The van der Waals surface area contributed by atoms with E-state index in [4.69, 9.17) is 0 Å². The first kappa shape index (κ1) is 11.6. The van der Waals surface area contributed by atoms with Crippen molar-refractivity contribution >= 4 is 15.9 Å². The summed E-state index contributed by atoms with van der Waals surface area (Å²) in [6.07, 6.45) is 6.78. The number of halogens is 1. The minimum atomic E-state index is 0.398. The molecule has 0 heterocycles.